The Bertz CT molecular complexity index is 683. The van der Waals surface area contributed by atoms with Crippen molar-refractivity contribution >= 4 is 23.1 Å². The van der Waals surface area contributed by atoms with Gasteiger partial charge in [0.1, 0.15) is 5.75 Å². The Morgan fingerprint density at radius 3 is 2.50 bits per heavy atom. The zero-order valence-electron chi connectivity index (χ0n) is 12.6. The van der Waals surface area contributed by atoms with Gasteiger partial charge in [-0.2, -0.15) is 0 Å². The third-order valence-corrected chi connectivity index (χ3v) is 3.08. The predicted molar refractivity (Wildman–Crippen MR) is 86.6 cm³/mol. The second-order valence-corrected chi connectivity index (χ2v) is 4.77. The normalized spacial score (nSPS) is 9.91. The first-order valence-electron chi connectivity index (χ1n) is 6.87. The highest BCUT2D eigenvalue weighted by atomic mass is 16.5. The summed E-state index contributed by atoms with van der Waals surface area (Å²) in [6.07, 6.45) is 0. The Hall–Kier alpha value is -2.82. The summed E-state index contributed by atoms with van der Waals surface area (Å²) in [6.45, 7) is 1.61. The van der Waals surface area contributed by atoms with Crippen LogP contribution in [0.15, 0.2) is 48.5 Å². The van der Waals surface area contributed by atoms with Gasteiger partial charge < -0.3 is 15.4 Å². The summed E-state index contributed by atoms with van der Waals surface area (Å²) in [4.78, 5) is 23.2. The monoisotopic (exact) mass is 298 g/mol. The number of carbonyl (C=O) groups is 2. The van der Waals surface area contributed by atoms with Crippen molar-refractivity contribution in [1.29, 1.82) is 0 Å². The minimum atomic E-state index is -0.191. The van der Waals surface area contributed by atoms with Gasteiger partial charge in [-0.05, 0) is 31.2 Å². The van der Waals surface area contributed by atoms with Crippen molar-refractivity contribution in [3.05, 3.63) is 54.1 Å². The Balaban J connectivity index is 1.92. The van der Waals surface area contributed by atoms with E-state index in [-0.39, 0.29) is 18.2 Å². The standard InChI is InChI=1S/C17H18N2O3/c1-12(20)13-5-3-7-15(9-13)19-17(21)11-18-14-6-4-8-16(10-14)22-2/h3-10,18H,11H2,1-2H3,(H,19,21). The predicted octanol–water partition coefficient (Wildman–Crippen LogP) is 2.95. The van der Waals surface area contributed by atoms with Crippen molar-refractivity contribution < 1.29 is 14.3 Å². The van der Waals surface area contributed by atoms with Crippen LogP contribution >= 0.6 is 0 Å². The SMILES string of the molecule is COc1cccc(NCC(=O)Nc2cccc(C(C)=O)c2)c1. The quantitative estimate of drug-likeness (QED) is 0.805. The highest BCUT2D eigenvalue weighted by molar-refractivity contribution is 5.98. The van der Waals surface area contributed by atoms with Crippen LogP contribution in [0.3, 0.4) is 0 Å². The number of methoxy groups -OCH3 is 1. The highest BCUT2D eigenvalue weighted by Crippen LogP contribution is 2.16. The first-order chi connectivity index (χ1) is 10.6. The van der Waals surface area contributed by atoms with Gasteiger partial charge in [-0.3, -0.25) is 9.59 Å². The van der Waals surface area contributed by atoms with Gasteiger partial charge in [0.05, 0.1) is 13.7 Å². The van der Waals surface area contributed by atoms with Crippen molar-refractivity contribution in [1.82, 2.24) is 0 Å². The van der Waals surface area contributed by atoms with E-state index in [0.29, 0.717) is 11.3 Å². The largest absolute Gasteiger partial charge is 0.497 e. The Morgan fingerprint density at radius 1 is 1.05 bits per heavy atom. The van der Waals surface area contributed by atoms with Crippen molar-refractivity contribution in [3.63, 3.8) is 0 Å². The number of ether oxygens (including phenoxy) is 1. The maximum absolute atomic E-state index is 11.9. The molecule has 0 fully saturated rings. The molecule has 2 aromatic carbocycles. The van der Waals surface area contributed by atoms with E-state index in [9.17, 15) is 9.59 Å². The van der Waals surface area contributed by atoms with E-state index in [1.165, 1.54) is 6.92 Å². The molecule has 0 aliphatic rings. The summed E-state index contributed by atoms with van der Waals surface area (Å²) >= 11 is 0. The molecule has 0 aliphatic carbocycles. The fraction of sp³-hybridized carbons (Fsp3) is 0.176. The lowest BCUT2D eigenvalue weighted by Gasteiger charge is -2.09. The van der Waals surface area contributed by atoms with Gasteiger partial charge >= 0.3 is 0 Å². The molecule has 1 amide bonds. The summed E-state index contributed by atoms with van der Waals surface area (Å²) in [6, 6.07) is 14.2. The second-order valence-electron chi connectivity index (χ2n) is 4.77. The van der Waals surface area contributed by atoms with Crippen LogP contribution in [0, 0.1) is 0 Å². The molecule has 2 N–H and O–H groups in total. The lowest BCUT2D eigenvalue weighted by atomic mass is 10.1. The summed E-state index contributed by atoms with van der Waals surface area (Å²) in [5, 5.41) is 5.77. The molecule has 0 radical (unpaired) electrons. The third-order valence-electron chi connectivity index (χ3n) is 3.08. The van der Waals surface area contributed by atoms with Gasteiger partial charge in [0, 0.05) is 23.0 Å². The van der Waals surface area contributed by atoms with Crippen LogP contribution in [0.5, 0.6) is 5.75 Å². The van der Waals surface area contributed by atoms with Crippen LogP contribution in [0.25, 0.3) is 0 Å². The molecule has 0 heterocycles. The Labute approximate surface area is 129 Å². The minimum Gasteiger partial charge on any atom is -0.497 e. The molecule has 0 saturated carbocycles. The number of hydrogen-bond donors (Lipinski definition) is 2. The highest BCUT2D eigenvalue weighted by Gasteiger charge is 2.05. The molecule has 114 valence electrons. The topological polar surface area (TPSA) is 67.4 Å². The van der Waals surface area contributed by atoms with E-state index in [4.69, 9.17) is 4.74 Å². The second kappa shape index (κ2) is 7.26. The van der Waals surface area contributed by atoms with E-state index in [2.05, 4.69) is 10.6 Å². The first kappa shape index (κ1) is 15.6. The van der Waals surface area contributed by atoms with Crippen LogP contribution in [-0.2, 0) is 4.79 Å². The average molecular weight is 298 g/mol. The number of rotatable bonds is 6. The molecular formula is C17H18N2O3. The number of benzene rings is 2. The number of ketones is 1. The van der Waals surface area contributed by atoms with Crippen LogP contribution in [-0.4, -0.2) is 25.3 Å². The molecule has 2 aromatic rings. The van der Waals surface area contributed by atoms with Gasteiger partial charge in [-0.25, -0.2) is 0 Å². The van der Waals surface area contributed by atoms with E-state index < -0.39 is 0 Å². The molecule has 0 aliphatic heterocycles. The van der Waals surface area contributed by atoms with Crippen LogP contribution in [0.1, 0.15) is 17.3 Å². The van der Waals surface area contributed by atoms with Crippen molar-refractivity contribution in [2.24, 2.45) is 0 Å². The van der Waals surface area contributed by atoms with E-state index in [0.717, 1.165) is 11.4 Å². The third kappa shape index (κ3) is 4.34. The molecule has 22 heavy (non-hydrogen) atoms. The molecule has 0 bridgehead atoms. The van der Waals surface area contributed by atoms with Gasteiger partial charge in [-0.15, -0.1) is 0 Å². The van der Waals surface area contributed by atoms with E-state index >= 15 is 0 Å². The summed E-state index contributed by atoms with van der Waals surface area (Å²) in [5.41, 5.74) is 1.97. The lowest BCUT2D eigenvalue weighted by molar-refractivity contribution is -0.114. The first-order valence-corrected chi connectivity index (χ1v) is 6.87. The smallest absolute Gasteiger partial charge is 0.243 e. The summed E-state index contributed by atoms with van der Waals surface area (Å²) in [7, 11) is 1.59. The zero-order valence-corrected chi connectivity index (χ0v) is 12.6. The maximum Gasteiger partial charge on any atom is 0.243 e. The van der Waals surface area contributed by atoms with Crippen LogP contribution in [0.4, 0.5) is 11.4 Å². The fourth-order valence-corrected chi connectivity index (χ4v) is 1.94. The summed E-state index contributed by atoms with van der Waals surface area (Å²) < 4.78 is 5.12. The molecule has 0 saturated heterocycles. The van der Waals surface area contributed by atoms with Crippen LogP contribution in [0.2, 0.25) is 0 Å². The van der Waals surface area contributed by atoms with Crippen molar-refractivity contribution in [2.75, 3.05) is 24.3 Å². The van der Waals surface area contributed by atoms with Gasteiger partial charge in [0.15, 0.2) is 5.78 Å². The number of amides is 1. The molecule has 0 aromatic heterocycles. The summed E-state index contributed by atoms with van der Waals surface area (Å²) in [5.74, 6) is 0.494. The number of anilines is 2. The number of nitrogens with one attached hydrogen (secondary N) is 2. The molecule has 0 atom stereocenters. The minimum absolute atomic E-state index is 0.0365. The molecule has 5 heteroatoms. The van der Waals surface area contributed by atoms with Gasteiger partial charge in [0.25, 0.3) is 0 Å². The number of Topliss-reactive ketones (excluding diaryl/α,β-unsaturated/α-hetero) is 1. The van der Waals surface area contributed by atoms with E-state index in [1.807, 2.05) is 24.3 Å². The molecule has 5 nitrogen and oxygen atoms in total. The average Bonchev–Trinajstić information content (AvgIpc) is 2.53. The van der Waals surface area contributed by atoms with Crippen molar-refractivity contribution in [2.45, 2.75) is 6.92 Å². The number of hydrogen-bond acceptors (Lipinski definition) is 4. The Kier molecular flexibility index (Phi) is 5.14. The van der Waals surface area contributed by atoms with Crippen molar-refractivity contribution in [3.8, 4) is 5.75 Å². The Morgan fingerprint density at radius 2 is 1.77 bits per heavy atom. The molecule has 0 unspecified atom stereocenters. The lowest BCUT2D eigenvalue weighted by Crippen LogP contribution is -2.21. The van der Waals surface area contributed by atoms with E-state index in [1.54, 1.807) is 31.4 Å². The maximum atomic E-state index is 11.9. The number of carbonyl (C=O) groups excluding carboxylic acids is 2. The van der Waals surface area contributed by atoms with Gasteiger partial charge in [-0.1, -0.05) is 18.2 Å². The molecule has 0 spiro atoms. The molecular weight excluding hydrogens is 280 g/mol. The fourth-order valence-electron chi connectivity index (χ4n) is 1.94. The van der Waals surface area contributed by atoms with Crippen LogP contribution < -0.4 is 15.4 Å². The van der Waals surface area contributed by atoms with Gasteiger partial charge in [0.2, 0.25) is 5.91 Å². The molecule has 2 rings (SSSR count). The zero-order chi connectivity index (χ0) is 15.9.